The number of hydrogen-bond donors (Lipinski definition) is 3. The summed E-state index contributed by atoms with van der Waals surface area (Å²) < 4.78 is 10.4. The van der Waals surface area contributed by atoms with Gasteiger partial charge in [0.1, 0.15) is 5.75 Å². The maximum atomic E-state index is 9.83. The Hall–Kier alpha value is -2.24. The van der Waals surface area contributed by atoms with E-state index in [-0.39, 0.29) is 30.8 Å². The number of phenolic OH excluding ortho intramolecular Hbond substituents is 1. The molecule has 0 aromatic heterocycles. The van der Waals surface area contributed by atoms with Crippen molar-refractivity contribution in [3.63, 3.8) is 0 Å². The summed E-state index contributed by atoms with van der Waals surface area (Å²) in [5, 5.41) is 29.4. The maximum Gasteiger partial charge on any atom is 0.160 e. The number of aliphatic hydroxyl groups excluding tert-OH is 2. The summed E-state index contributed by atoms with van der Waals surface area (Å²) in [6.07, 6.45) is 1.23. The van der Waals surface area contributed by atoms with Gasteiger partial charge in [0.2, 0.25) is 0 Å². The van der Waals surface area contributed by atoms with E-state index in [0.717, 1.165) is 16.9 Å². The first-order valence-electron chi connectivity index (χ1n) is 8.31. The molecule has 0 aliphatic carbocycles. The zero-order valence-corrected chi connectivity index (χ0v) is 14.7. The van der Waals surface area contributed by atoms with Gasteiger partial charge in [-0.05, 0) is 60.1 Å². The lowest BCUT2D eigenvalue weighted by Gasteiger charge is -2.24. The topological polar surface area (TPSA) is 79.2 Å². The monoisotopic (exact) mass is 346 g/mol. The Morgan fingerprint density at radius 1 is 0.840 bits per heavy atom. The molecular weight excluding hydrogens is 320 g/mol. The predicted octanol–water partition coefficient (Wildman–Crippen LogP) is 2.41. The molecule has 2 unspecified atom stereocenters. The standard InChI is InChI=1S/C20H26O5/c1-24-18-5-3-4-14(10-18)8-16(12-21)17(13-22)9-15-6-7-19(23)20(11-15)25-2/h3-7,10-11,16-17,21-23H,8-9,12-13H2,1-2H3. The summed E-state index contributed by atoms with van der Waals surface area (Å²) in [7, 11) is 3.12. The molecule has 3 N–H and O–H groups in total. The van der Waals surface area contributed by atoms with Gasteiger partial charge in [-0.3, -0.25) is 0 Å². The molecule has 0 saturated carbocycles. The lowest BCUT2D eigenvalue weighted by atomic mass is 9.83. The van der Waals surface area contributed by atoms with Gasteiger partial charge < -0.3 is 24.8 Å². The van der Waals surface area contributed by atoms with Crippen LogP contribution in [-0.4, -0.2) is 42.8 Å². The summed E-state index contributed by atoms with van der Waals surface area (Å²) in [4.78, 5) is 0. The molecule has 0 aliphatic heterocycles. The lowest BCUT2D eigenvalue weighted by molar-refractivity contribution is 0.119. The van der Waals surface area contributed by atoms with Crippen LogP contribution in [0.15, 0.2) is 42.5 Å². The normalized spacial score (nSPS) is 13.3. The number of aliphatic hydroxyl groups is 2. The summed E-state index contributed by atoms with van der Waals surface area (Å²) >= 11 is 0. The fourth-order valence-electron chi connectivity index (χ4n) is 3.01. The van der Waals surface area contributed by atoms with E-state index in [0.29, 0.717) is 18.6 Å². The third-order valence-corrected chi connectivity index (χ3v) is 4.51. The largest absolute Gasteiger partial charge is 0.504 e. The second-order valence-corrected chi connectivity index (χ2v) is 6.15. The first-order valence-corrected chi connectivity index (χ1v) is 8.31. The first-order chi connectivity index (χ1) is 12.1. The highest BCUT2D eigenvalue weighted by Gasteiger charge is 2.22. The average Bonchev–Trinajstić information content (AvgIpc) is 2.65. The van der Waals surface area contributed by atoms with Gasteiger partial charge in [-0.15, -0.1) is 0 Å². The van der Waals surface area contributed by atoms with Crippen LogP contribution in [0.4, 0.5) is 0 Å². The van der Waals surface area contributed by atoms with Crippen LogP contribution < -0.4 is 9.47 Å². The smallest absolute Gasteiger partial charge is 0.160 e. The molecule has 0 radical (unpaired) electrons. The van der Waals surface area contributed by atoms with Crippen LogP contribution in [0.5, 0.6) is 17.2 Å². The van der Waals surface area contributed by atoms with Gasteiger partial charge in [0.05, 0.1) is 14.2 Å². The number of benzene rings is 2. The van der Waals surface area contributed by atoms with Crippen LogP contribution in [0, 0.1) is 11.8 Å². The highest BCUT2D eigenvalue weighted by molar-refractivity contribution is 5.41. The van der Waals surface area contributed by atoms with E-state index in [4.69, 9.17) is 9.47 Å². The van der Waals surface area contributed by atoms with Crippen molar-refractivity contribution >= 4 is 0 Å². The second-order valence-electron chi connectivity index (χ2n) is 6.15. The minimum atomic E-state index is -0.106. The van der Waals surface area contributed by atoms with Crippen LogP contribution in [-0.2, 0) is 12.8 Å². The van der Waals surface area contributed by atoms with Crippen LogP contribution in [0.3, 0.4) is 0 Å². The molecule has 0 fully saturated rings. The molecule has 2 atom stereocenters. The van der Waals surface area contributed by atoms with Gasteiger partial charge in [0, 0.05) is 13.2 Å². The van der Waals surface area contributed by atoms with E-state index in [1.807, 2.05) is 24.3 Å². The van der Waals surface area contributed by atoms with Crippen LogP contribution in [0.2, 0.25) is 0 Å². The van der Waals surface area contributed by atoms with Crippen molar-refractivity contribution in [2.45, 2.75) is 12.8 Å². The fourth-order valence-corrected chi connectivity index (χ4v) is 3.01. The average molecular weight is 346 g/mol. The van der Waals surface area contributed by atoms with Crippen LogP contribution >= 0.6 is 0 Å². The van der Waals surface area contributed by atoms with Crippen molar-refractivity contribution < 1.29 is 24.8 Å². The van der Waals surface area contributed by atoms with Gasteiger partial charge in [-0.25, -0.2) is 0 Å². The highest BCUT2D eigenvalue weighted by atomic mass is 16.5. The summed E-state index contributed by atoms with van der Waals surface area (Å²) in [5.74, 6) is 1.07. The highest BCUT2D eigenvalue weighted by Crippen LogP contribution is 2.29. The van der Waals surface area contributed by atoms with Crippen LogP contribution in [0.1, 0.15) is 11.1 Å². The predicted molar refractivity (Wildman–Crippen MR) is 96.2 cm³/mol. The van der Waals surface area contributed by atoms with E-state index < -0.39 is 0 Å². The van der Waals surface area contributed by atoms with Crippen molar-refractivity contribution in [2.24, 2.45) is 11.8 Å². The molecule has 5 heteroatoms. The number of rotatable bonds is 9. The Bertz CT molecular complexity index is 671. The molecule has 0 spiro atoms. The van der Waals surface area contributed by atoms with Crippen molar-refractivity contribution in [2.75, 3.05) is 27.4 Å². The molecule has 2 aromatic carbocycles. The summed E-state index contributed by atoms with van der Waals surface area (Å²) in [5.41, 5.74) is 2.00. The molecule has 25 heavy (non-hydrogen) atoms. The van der Waals surface area contributed by atoms with Gasteiger partial charge >= 0.3 is 0 Å². The Morgan fingerprint density at radius 2 is 1.48 bits per heavy atom. The fraction of sp³-hybridized carbons (Fsp3) is 0.400. The number of aromatic hydroxyl groups is 1. The quantitative estimate of drug-likeness (QED) is 0.650. The van der Waals surface area contributed by atoms with E-state index in [1.165, 1.54) is 7.11 Å². The number of hydrogen-bond acceptors (Lipinski definition) is 5. The van der Waals surface area contributed by atoms with Gasteiger partial charge in [0.15, 0.2) is 11.5 Å². The van der Waals surface area contributed by atoms with E-state index >= 15 is 0 Å². The molecule has 0 amide bonds. The Balaban J connectivity index is 2.13. The minimum absolute atomic E-state index is 0.0162. The molecule has 2 aromatic rings. The van der Waals surface area contributed by atoms with E-state index in [9.17, 15) is 15.3 Å². The Labute approximate surface area is 148 Å². The molecule has 0 saturated heterocycles. The summed E-state index contributed by atoms with van der Waals surface area (Å²) in [6.45, 7) is -0.0456. The number of ether oxygens (including phenoxy) is 2. The maximum absolute atomic E-state index is 9.83. The van der Waals surface area contributed by atoms with Gasteiger partial charge in [-0.2, -0.15) is 0 Å². The van der Waals surface area contributed by atoms with E-state index in [1.54, 1.807) is 25.3 Å². The molecule has 0 aliphatic rings. The third kappa shape index (κ3) is 5.11. The van der Waals surface area contributed by atoms with Crippen molar-refractivity contribution in [3.05, 3.63) is 53.6 Å². The van der Waals surface area contributed by atoms with E-state index in [2.05, 4.69) is 0 Å². The SMILES string of the molecule is COc1cccc(CC(CO)C(CO)Cc2ccc(O)c(OC)c2)c1. The molecule has 136 valence electrons. The van der Waals surface area contributed by atoms with Gasteiger partial charge in [0.25, 0.3) is 0 Å². The molecular formula is C20H26O5. The first kappa shape index (κ1) is 19.1. The number of methoxy groups -OCH3 is 2. The second kappa shape index (κ2) is 9.30. The summed E-state index contributed by atoms with van der Waals surface area (Å²) in [6, 6.07) is 12.9. The Morgan fingerprint density at radius 3 is 2.04 bits per heavy atom. The third-order valence-electron chi connectivity index (χ3n) is 4.51. The Kier molecular flexibility index (Phi) is 7.10. The lowest BCUT2D eigenvalue weighted by Crippen LogP contribution is -2.26. The van der Waals surface area contributed by atoms with Crippen molar-refractivity contribution in [1.29, 1.82) is 0 Å². The van der Waals surface area contributed by atoms with Crippen LogP contribution in [0.25, 0.3) is 0 Å². The minimum Gasteiger partial charge on any atom is -0.504 e. The molecule has 0 bridgehead atoms. The molecule has 5 nitrogen and oxygen atoms in total. The number of phenols is 1. The molecule has 2 rings (SSSR count). The van der Waals surface area contributed by atoms with Crippen molar-refractivity contribution in [3.8, 4) is 17.2 Å². The van der Waals surface area contributed by atoms with Crippen molar-refractivity contribution in [1.82, 2.24) is 0 Å². The zero-order valence-electron chi connectivity index (χ0n) is 14.7. The zero-order chi connectivity index (χ0) is 18.2. The molecule has 0 heterocycles. The van der Waals surface area contributed by atoms with Gasteiger partial charge in [-0.1, -0.05) is 18.2 Å².